The van der Waals surface area contributed by atoms with Gasteiger partial charge in [-0.2, -0.15) is 0 Å². The molecular weight excluding hydrogens is 264 g/mol. The van der Waals surface area contributed by atoms with Crippen LogP contribution in [0.5, 0.6) is 0 Å². The van der Waals surface area contributed by atoms with Gasteiger partial charge in [-0.1, -0.05) is 13.8 Å². The predicted molar refractivity (Wildman–Crippen MR) is 86.4 cm³/mol. The van der Waals surface area contributed by atoms with Gasteiger partial charge < -0.3 is 15.7 Å². The number of amides is 1. The van der Waals surface area contributed by atoms with E-state index in [0.29, 0.717) is 0 Å². The first-order valence-corrected chi connectivity index (χ1v) is 7.88. The Labute approximate surface area is 126 Å². The van der Waals surface area contributed by atoms with Crippen molar-refractivity contribution in [3.8, 4) is 0 Å². The van der Waals surface area contributed by atoms with E-state index in [-0.39, 0.29) is 23.8 Å². The molecule has 0 radical (unpaired) electrons. The van der Waals surface area contributed by atoms with Gasteiger partial charge in [-0.05, 0) is 49.9 Å². The Hall–Kier alpha value is -1.55. The molecule has 1 amide bonds. The molecule has 1 aliphatic rings. The van der Waals surface area contributed by atoms with E-state index in [2.05, 4.69) is 24.5 Å². The van der Waals surface area contributed by atoms with Crippen molar-refractivity contribution in [1.29, 1.82) is 0 Å². The van der Waals surface area contributed by atoms with Crippen LogP contribution in [-0.2, 0) is 4.79 Å². The van der Waals surface area contributed by atoms with Crippen LogP contribution in [0.2, 0.25) is 0 Å². The molecular formula is C17H26N2O2. The number of anilines is 2. The second-order valence-electron chi connectivity index (χ2n) is 6.06. The molecule has 1 aromatic rings. The molecule has 1 saturated carbocycles. The predicted octanol–water partition coefficient (Wildman–Crippen LogP) is 3.25. The lowest BCUT2D eigenvalue weighted by atomic mass is 9.83. The lowest BCUT2D eigenvalue weighted by molar-refractivity contribution is -0.117. The molecule has 21 heavy (non-hydrogen) atoms. The summed E-state index contributed by atoms with van der Waals surface area (Å²) in [5.41, 5.74) is 1.80. The zero-order chi connectivity index (χ0) is 15.3. The number of aliphatic hydroxyl groups excluding tert-OH is 1. The molecule has 0 bridgehead atoms. The standard InChI is InChI=1S/C17H26N2O2/c1-3-17(4-2,12-20)11-18-14-7-9-15(10-8-14)19-16(21)13-5-6-13/h7-10,13,18,20H,3-6,11-12H2,1-2H3,(H,19,21). The second-order valence-corrected chi connectivity index (χ2v) is 6.06. The summed E-state index contributed by atoms with van der Waals surface area (Å²) < 4.78 is 0. The first-order valence-electron chi connectivity index (χ1n) is 7.88. The molecule has 0 unspecified atom stereocenters. The van der Waals surface area contributed by atoms with Crippen LogP contribution in [0.15, 0.2) is 24.3 Å². The Bertz CT molecular complexity index is 454. The average molecular weight is 290 g/mol. The van der Waals surface area contributed by atoms with Crippen molar-refractivity contribution in [2.75, 3.05) is 23.8 Å². The van der Waals surface area contributed by atoms with Gasteiger partial charge in [-0.25, -0.2) is 0 Å². The van der Waals surface area contributed by atoms with Crippen molar-refractivity contribution in [1.82, 2.24) is 0 Å². The van der Waals surface area contributed by atoms with E-state index in [9.17, 15) is 9.90 Å². The van der Waals surface area contributed by atoms with Crippen LogP contribution in [-0.4, -0.2) is 24.2 Å². The highest BCUT2D eigenvalue weighted by Crippen LogP contribution is 2.30. The number of rotatable bonds is 8. The number of hydrogen-bond acceptors (Lipinski definition) is 3. The third-order valence-corrected chi connectivity index (χ3v) is 4.60. The van der Waals surface area contributed by atoms with E-state index in [1.807, 2.05) is 24.3 Å². The largest absolute Gasteiger partial charge is 0.396 e. The van der Waals surface area contributed by atoms with Crippen molar-refractivity contribution < 1.29 is 9.90 Å². The molecule has 0 heterocycles. The second kappa shape index (κ2) is 6.94. The van der Waals surface area contributed by atoms with Gasteiger partial charge in [0, 0.05) is 29.3 Å². The Morgan fingerprint density at radius 2 is 1.76 bits per heavy atom. The first-order chi connectivity index (χ1) is 10.1. The maximum Gasteiger partial charge on any atom is 0.227 e. The zero-order valence-electron chi connectivity index (χ0n) is 13.0. The smallest absolute Gasteiger partial charge is 0.227 e. The van der Waals surface area contributed by atoms with Crippen LogP contribution in [0.1, 0.15) is 39.5 Å². The van der Waals surface area contributed by atoms with Gasteiger partial charge in [0.05, 0.1) is 6.61 Å². The van der Waals surface area contributed by atoms with E-state index in [4.69, 9.17) is 0 Å². The molecule has 0 atom stereocenters. The Morgan fingerprint density at radius 3 is 2.24 bits per heavy atom. The summed E-state index contributed by atoms with van der Waals surface area (Å²) in [5, 5.41) is 15.9. The summed E-state index contributed by atoms with van der Waals surface area (Å²) in [4.78, 5) is 11.7. The maximum atomic E-state index is 11.7. The van der Waals surface area contributed by atoms with Gasteiger partial charge in [-0.15, -0.1) is 0 Å². The summed E-state index contributed by atoms with van der Waals surface area (Å²) >= 11 is 0. The van der Waals surface area contributed by atoms with Crippen molar-refractivity contribution >= 4 is 17.3 Å². The fourth-order valence-corrected chi connectivity index (χ4v) is 2.33. The quantitative estimate of drug-likeness (QED) is 0.689. The first kappa shape index (κ1) is 15.8. The van der Waals surface area contributed by atoms with Gasteiger partial charge in [0.1, 0.15) is 0 Å². The molecule has 1 aromatic carbocycles. The van der Waals surface area contributed by atoms with Crippen LogP contribution in [0, 0.1) is 11.3 Å². The normalized spacial score (nSPS) is 14.8. The number of aliphatic hydroxyl groups is 1. The van der Waals surface area contributed by atoms with Gasteiger partial charge >= 0.3 is 0 Å². The number of nitrogens with one attached hydrogen (secondary N) is 2. The summed E-state index contributed by atoms with van der Waals surface area (Å²) in [6.07, 6.45) is 3.93. The lowest BCUT2D eigenvalue weighted by Crippen LogP contribution is -2.32. The van der Waals surface area contributed by atoms with Crippen molar-refractivity contribution in [2.45, 2.75) is 39.5 Å². The van der Waals surface area contributed by atoms with Crippen LogP contribution >= 0.6 is 0 Å². The summed E-state index contributed by atoms with van der Waals surface area (Å²) in [5.74, 6) is 0.356. The third-order valence-electron chi connectivity index (χ3n) is 4.60. The molecule has 4 heteroatoms. The minimum atomic E-state index is -0.0567. The Balaban J connectivity index is 1.88. The number of benzene rings is 1. The van der Waals surface area contributed by atoms with E-state index in [1.165, 1.54) is 0 Å². The lowest BCUT2D eigenvalue weighted by Gasteiger charge is -2.30. The summed E-state index contributed by atoms with van der Waals surface area (Å²) in [7, 11) is 0. The summed E-state index contributed by atoms with van der Waals surface area (Å²) in [6.45, 7) is 5.17. The Kier molecular flexibility index (Phi) is 5.23. The molecule has 3 N–H and O–H groups in total. The molecule has 1 aliphatic carbocycles. The SMILES string of the molecule is CCC(CC)(CO)CNc1ccc(NC(=O)C2CC2)cc1. The highest BCUT2D eigenvalue weighted by Gasteiger charge is 2.29. The minimum Gasteiger partial charge on any atom is -0.396 e. The van der Waals surface area contributed by atoms with E-state index in [1.54, 1.807) is 0 Å². The van der Waals surface area contributed by atoms with Gasteiger partial charge in [0.2, 0.25) is 5.91 Å². The van der Waals surface area contributed by atoms with Crippen LogP contribution in [0.4, 0.5) is 11.4 Å². The van der Waals surface area contributed by atoms with Crippen molar-refractivity contribution in [2.24, 2.45) is 11.3 Å². The van der Waals surface area contributed by atoms with E-state index < -0.39 is 0 Å². The van der Waals surface area contributed by atoms with Crippen LogP contribution in [0.3, 0.4) is 0 Å². The molecule has 0 spiro atoms. The monoisotopic (exact) mass is 290 g/mol. The summed E-state index contributed by atoms with van der Waals surface area (Å²) in [6, 6.07) is 7.77. The molecule has 4 nitrogen and oxygen atoms in total. The molecule has 116 valence electrons. The zero-order valence-corrected chi connectivity index (χ0v) is 13.0. The van der Waals surface area contributed by atoms with Crippen LogP contribution in [0.25, 0.3) is 0 Å². The molecule has 0 aliphatic heterocycles. The minimum absolute atomic E-state index is 0.0567. The van der Waals surface area contributed by atoms with Gasteiger partial charge in [0.15, 0.2) is 0 Å². The van der Waals surface area contributed by atoms with Crippen molar-refractivity contribution in [3.05, 3.63) is 24.3 Å². The van der Waals surface area contributed by atoms with Gasteiger partial charge in [-0.3, -0.25) is 4.79 Å². The average Bonchev–Trinajstić information content (AvgIpc) is 3.35. The highest BCUT2D eigenvalue weighted by atomic mass is 16.3. The number of carbonyl (C=O) groups excluding carboxylic acids is 1. The fourth-order valence-electron chi connectivity index (χ4n) is 2.33. The topological polar surface area (TPSA) is 61.4 Å². The highest BCUT2D eigenvalue weighted by molar-refractivity contribution is 5.94. The molecule has 1 fully saturated rings. The fraction of sp³-hybridized carbons (Fsp3) is 0.588. The Morgan fingerprint density at radius 1 is 1.19 bits per heavy atom. The van der Waals surface area contributed by atoms with E-state index >= 15 is 0 Å². The maximum absolute atomic E-state index is 11.7. The number of hydrogen-bond donors (Lipinski definition) is 3. The van der Waals surface area contributed by atoms with Crippen LogP contribution < -0.4 is 10.6 Å². The third kappa shape index (κ3) is 4.21. The molecule has 0 aromatic heterocycles. The van der Waals surface area contributed by atoms with E-state index in [0.717, 1.165) is 43.6 Å². The molecule has 0 saturated heterocycles. The number of carbonyl (C=O) groups is 1. The molecule has 2 rings (SSSR count). The van der Waals surface area contributed by atoms with Gasteiger partial charge in [0.25, 0.3) is 0 Å². The van der Waals surface area contributed by atoms with Crippen molar-refractivity contribution in [3.63, 3.8) is 0 Å².